The molecule has 0 bridgehead atoms. The van der Waals surface area contributed by atoms with E-state index in [1.807, 2.05) is 17.5 Å². The van der Waals surface area contributed by atoms with E-state index in [2.05, 4.69) is 25.9 Å². The minimum Gasteiger partial charge on any atom is -0.478 e. The number of aromatic nitrogens is 2. The molecule has 4 nitrogen and oxygen atoms in total. The van der Waals surface area contributed by atoms with Crippen LogP contribution in [0.5, 0.6) is 0 Å². The van der Waals surface area contributed by atoms with Crippen molar-refractivity contribution in [2.75, 3.05) is 0 Å². The van der Waals surface area contributed by atoms with Gasteiger partial charge in [0.05, 0.1) is 16.0 Å². The fourth-order valence-corrected chi connectivity index (χ4v) is 3.28. The number of fused-ring (bicyclic) bond motifs is 1. The number of para-hydroxylation sites is 1. The highest BCUT2D eigenvalue weighted by Gasteiger charge is 2.15. The smallest absolute Gasteiger partial charge is 0.337 e. The van der Waals surface area contributed by atoms with E-state index in [-0.39, 0.29) is 5.56 Å². The molecule has 2 heterocycles. The molecule has 2 N–H and O–H groups in total. The maximum atomic E-state index is 11.1. The van der Waals surface area contributed by atoms with Crippen molar-refractivity contribution in [3.05, 3.63) is 39.7 Å². The summed E-state index contributed by atoms with van der Waals surface area (Å²) >= 11 is 4.99. The molecule has 0 saturated heterocycles. The van der Waals surface area contributed by atoms with E-state index in [4.69, 9.17) is 5.11 Å². The van der Waals surface area contributed by atoms with Crippen LogP contribution in [-0.2, 0) is 0 Å². The third kappa shape index (κ3) is 1.74. The third-order valence-electron chi connectivity index (χ3n) is 2.58. The molecule has 0 aliphatic rings. The molecule has 0 saturated carbocycles. The zero-order valence-electron chi connectivity index (χ0n) is 8.98. The summed E-state index contributed by atoms with van der Waals surface area (Å²) in [5.74, 6) is -0.288. The van der Waals surface area contributed by atoms with Crippen LogP contribution in [0, 0.1) is 0 Å². The Balaban J connectivity index is 2.26. The largest absolute Gasteiger partial charge is 0.478 e. The number of H-pyrrole nitrogens is 1. The van der Waals surface area contributed by atoms with Gasteiger partial charge in [-0.05, 0) is 39.5 Å². The maximum absolute atomic E-state index is 11.1. The lowest BCUT2D eigenvalue weighted by Gasteiger charge is -1.93. The lowest BCUT2D eigenvalue weighted by Crippen LogP contribution is -1.96. The summed E-state index contributed by atoms with van der Waals surface area (Å²) in [4.78, 5) is 19.6. The Morgan fingerprint density at radius 2 is 2.22 bits per heavy atom. The maximum Gasteiger partial charge on any atom is 0.337 e. The van der Waals surface area contributed by atoms with Crippen LogP contribution < -0.4 is 0 Å². The van der Waals surface area contributed by atoms with Gasteiger partial charge in [-0.3, -0.25) is 0 Å². The van der Waals surface area contributed by atoms with Gasteiger partial charge in [0.1, 0.15) is 11.3 Å². The quantitative estimate of drug-likeness (QED) is 0.755. The fraction of sp³-hybridized carbons (Fsp3) is 0. The van der Waals surface area contributed by atoms with Crippen LogP contribution in [0.25, 0.3) is 21.7 Å². The zero-order valence-corrected chi connectivity index (χ0v) is 11.4. The zero-order chi connectivity index (χ0) is 12.7. The number of carbonyl (C=O) groups is 1. The standard InChI is InChI=1S/C12H7BrN2O2S/c13-7-4-5-18-10(7)11-14-8-3-1-2-6(12(16)17)9(8)15-11/h1-5H,(H,14,15)(H,16,17). The van der Waals surface area contributed by atoms with Gasteiger partial charge < -0.3 is 10.1 Å². The summed E-state index contributed by atoms with van der Waals surface area (Å²) in [6, 6.07) is 7.01. The van der Waals surface area contributed by atoms with Gasteiger partial charge in [-0.1, -0.05) is 6.07 Å². The van der Waals surface area contributed by atoms with Gasteiger partial charge in [0.2, 0.25) is 0 Å². The number of hydrogen-bond donors (Lipinski definition) is 2. The number of aromatic carboxylic acids is 1. The van der Waals surface area contributed by atoms with Crippen molar-refractivity contribution >= 4 is 44.3 Å². The summed E-state index contributed by atoms with van der Waals surface area (Å²) < 4.78 is 0.948. The van der Waals surface area contributed by atoms with E-state index < -0.39 is 5.97 Å². The Labute approximate surface area is 114 Å². The van der Waals surface area contributed by atoms with Crippen LogP contribution >= 0.6 is 27.3 Å². The summed E-state index contributed by atoms with van der Waals surface area (Å²) in [5.41, 5.74) is 1.42. The van der Waals surface area contributed by atoms with Crippen molar-refractivity contribution < 1.29 is 9.90 Å². The molecular formula is C12H7BrN2O2S. The topological polar surface area (TPSA) is 66.0 Å². The van der Waals surface area contributed by atoms with Crippen LogP contribution in [0.15, 0.2) is 34.1 Å². The number of carboxylic acids is 1. The molecule has 0 aliphatic carbocycles. The molecule has 0 unspecified atom stereocenters. The predicted molar refractivity (Wildman–Crippen MR) is 74.1 cm³/mol. The second-order valence-corrected chi connectivity index (χ2v) is 5.46. The van der Waals surface area contributed by atoms with Gasteiger partial charge in [-0.25, -0.2) is 9.78 Å². The van der Waals surface area contributed by atoms with Crippen LogP contribution in [0.4, 0.5) is 0 Å². The number of halogens is 1. The van der Waals surface area contributed by atoms with Crippen molar-refractivity contribution in [2.24, 2.45) is 0 Å². The molecular weight excluding hydrogens is 316 g/mol. The van der Waals surface area contributed by atoms with Crippen LogP contribution in [-0.4, -0.2) is 21.0 Å². The normalized spacial score (nSPS) is 10.9. The summed E-state index contributed by atoms with van der Waals surface area (Å²) in [7, 11) is 0. The average molecular weight is 323 g/mol. The molecule has 3 rings (SSSR count). The van der Waals surface area contributed by atoms with Crippen LogP contribution in [0.2, 0.25) is 0 Å². The minimum absolute atomic E-state index is 0.211. The molecule has 1 aromatic carbocycles. The van der Waals surface area contributed by atoms with Gasteiger partial charge >= 0.3 is 5.97 Å². The first kappa shape index (κ1) is 11.4. The lowest BCUT2D eigenvalue weighted by atomic mass is 10.2. The number of aromatic amines is 1. The van der Waals surface area contributed by atoms with Crippen LogP contribution in [0.3, 0.4) is 0 Å². The van der Waals surface area contributed by atoms with Gasteiger partial charge in [-0.2, -0.15) is 0 Å². The number of benzene rings is 1. The van der Waals surface area contributed by atoms with Gasteiger partial charge in [0, 0.05) is 4.47 Å². The Kier molecular flexibility index (Phi) is 2.68. The first-order valence-corrected chi connectivity index (χ1v) is 6.79. The lowest BCUT2D eigenvalue weighted by molar-refractivity contribution is 0.0699. The Morgan fingerprint density at radius 1 is 1.39 bits per heavy atom. The monoisotopic (exact) mass is 322 g/mol. The Bertz CT molecular complexity index is 747. The van der Waals surface area contributed by atoms with E-state index >= 15 is 0 Å². The molecule has 90 valence electrons. The molecule has 0 radical (unpaired) electrons. The van der Waals surface area contributed by atoms with E-state index in [0.717, 1.165) is 14.9 Å². The molecule has 6 heteroatoms. The molecule has 2 aromatic heterocycles. The number of rotatable bonds is 2. The fourth-order valence-electron chi connectivity index (χ4n) is 1.77. The molecule has 3 aromatic rings. The SMILES string of the molecule is O=C(O)c1cccc2[nH]c(-c3sccc3Br)nc12. The Morgan fingerprint density at radius 3 is 2.89 bits per heavy atom. The van der Waals surface area contributed by atoms with Crippen molar-refractivity contribution in [3.8, 4) is 10.7 Å². The van der Waals surface area contributed by atoms with Crippen molar-refractivity contribution in [3.63, 3.8) is 0 Å². The first-order valence-electron chi connectivity index (χ1n) is 5.12. The van der Waals surface area contributed by atoms with Gasteiger partial charge in [0.25, 0.3) is 0 Å². The molecule has 0 atom stereocenters. The van der Waals surface area contributed by atoms with Crippen molar-refractivity contribution in [1.82, 2.24) is 9.97 Å². The number of hydrogen-bond acceptors (Lipinski definition) is 3. The molecule has 0 spiro atoms. The van der Waals surface area contributed by atoms with E-state index in [9.17, 15) is 4.79 Å². The minimum atomic E-state index is -0.969. The highest BCUT2D eigenvalue weighted by Crippen LogP contribution is 2.33. The first-order chi connectivity index (χ1) is 8.66. The number of imidazole rings is 1. The number of nitrogens with one attached hydrogen (secondary N) is 1. The molecule has 0 fully saturated rings. The summed E-state index contributed by atoms with van der Waals surface area (Å²) in [6.45, 7) is 0. The highest BCUT2D eigenvalue weighted by molar-refractivity contribution is 9.10. The second-order valence-electron chi connectivity index (χ2n) is 3.69. The highest BCUT2D eigenvalue weighted by atomic mass is 79.9. The molecule has 0 amide bonds. The summed E-state index contributed by atoms with van der Waals surface area (Å²) in [5, 5.41) is 11.1. The number of nitrogens with zero attached hydrogens (tertiary/aromatic N) is 1. The number of carboxylic acid groups (broad SMARTS) is 1. The van der Waals surface area contributed by atoms with Crippen molar-refractivity contribution in [2.45, 2.75) is 0 Å². The summed E-state index contributed by atoms with van der Waals surface area (Å²) in [6.07, 6.45) is 0. The van der Waals surface area contributed by atoms with Crippen LogP contribution in [0.1, 0.15) is 10.4 Å². The third-order valence-corrected chi connectivity index (χ3v) is 4.42. The van der Waals surface area contributed by atoms with E-state index in [1.54, 1.807) is 23.5 Å². The van der Waals surface area contributed by atoms with Gasteiger partial charge in [0.15, 0.2) is 0 Å². The van der Waals surface area contributed by atoms with E-state index in [0.29, 0.717) is 11.3 Å². The predicted octanol–water partition coefficient (Wildman–Crippen LogP) is 3.75. The van der Waals surface area contributed by atoms with E-state index in [1.165, 1.54) is 0 Å². The van der Waals surface area contributed by atoms with Crippen molar-refractivity contribution in [1.29, 1.82) is 0 Å². The molecule has 0 aliphatic heterocycles. The van der Waals surface area contributed by atoms with Gasteiger partial charge in [-0.15, -0.1) is 11.3 Å². The Hall–Kier alpha value is -1.66. The second kappa shape index (κ2) is 4.22. The number of thiophene rings is 1. The average Bonchev–Trinajstić information content (AvgIpc) is 2.92. The molecule has 18 heavy (non-hydrogen) atoms.